The third kappa shape index (κ3) is 2.88. The second-order valence-corrected chi connectivity index (χ2v) is 10.2. The predicted octanol–water partition coefficient (Wildman–Crippen LogP) is 3.09. The standard InChI is InChI=1S/C23H21NO5S/c1-2-14-7-9-15(10-8-14)20-19-21(25)17-5-3-4-6-18(17)29-22(19)23(26)24(20)16-11-12-30(27,28)13-16/h3-10,16,20H,2,11-13H2,1H3/t16-,20-/m0/s1. The second-order valence-electron chi connectivity index (χ2n) is 7.94. The maximum atomic E-state index is 13.4. The molecule has 3 aromatic rings. The highest BCUT2D eigenvalue weighted by atomic mass is 32.2. The van der Waals surface area contributed by atoms with Gasteiger partial charge in [-0.05, 0) is 36.1 Å². The number of hydrogen-bond donors (Lipinski definition) is 0. The highest BCUT2D eigenvalue weighted by Gasteiger charge is 2.48. The lowest BCUT2D eigenvalue weighted by molar-refractivity contribution is 0.0662. The molecule has 3 heterocycles. The third-order valence-corrected chi connectivity index (χ3v) is 7.87. The summed E-state index contributed by atoms with van der Waals surface area (Å²) in [6.07, 6.45) is 1.23. The van der Waals surface area contributed by atoms with Crippen molar-refractivity contribution in [2.75, 3.05) is 11.5 Å². The average molecular weight is 423 g/mol. The van der Waals surface area contributed by atoms with Gasteiger partial charge in [-0.25, -0.2) is 8.42 Å². The van der Waals surface area contributed by atoms with Gasteiger partial charge in [0.2, 0.25) is 5.76 Å². The number of rotatable bonds is 3. The molecule has 0 spiro atoms. The summed E-state index contributed by atoms with van der Waals surface area (Å²) in [5.74, 6) is -0.445. The lowest BCUT2D eigenvalue weighted by Gasteiger charge is -2.30. The van der Waals surface area contributed by atoms with E-state index in [-0.39, 0.29) is 22.7 Å². The van der Waals surface area contributed by atoms with E-state index in [1.54, 1.807) is 29.2 Å². The van der Waals surface area contributed by atoms with Crippen molar-refractivity contribution in [1.82, 2.24) is 4.90 Å². The van der Waals surface area contributed by atoms with Gasteiger partial charge in [0.1, 0.15) is 5.58 Å². The quantitative estimate of drug-likeness (QED) is 0.646. The van der Waals surface area contributed by atoms with E-state index >= 15 is 0 Å². The van der Waals surface area contributed by atoms with Crippen molar-refractivity contribution in [1.29, 1.82) is 0 Å². The first-order valence-corrected chi connectivity index (χ1v) is 11.9. The molecule has 1 amide bonds. The molecule has 2 aliphatic heterocycles. The number of carbonyl (C=O) groups is 1. The van der Waals surface area contributed by atoms with Crippen LogP contribution in [0.15, 0.2) is 57.7 Å². The van der Waals surface area contributed by atoms with Gasteiger partial charge in [-0.3, -0.25) is 9.59 Å². The summed E-state index contributed by atoms with van der Waals surface area (Å²) in [5.41, 5.74) is 2.34. The number of benzene rings is 2. The molecule has 0 aliphatic carbocycles. The first kappa shape index (κ1) is 19.1. The van der Waals surface area contributed by atoms with Gasteiger partial charge >= 0.3 is 0 Å². The maximum Gasteiger partial charge on any atom is 0.291 e. The van der Waals surface area contributed by atoms with Crippen LogP contribution in [0.3, 0.4) is 0 Å². The zero-order chi connectivity index (χ0) is 21.0. The first-order chi connectivity index (χ1) is 14.4. The van der Waals surface area contributed by atoms with Gasteiger partial charge in [-0.15, -0.1) is 0 Å². The maximum absolute atomic E-state index is 13.4. The zero-order valence-corrected chi connectivity index (χ0v) is 17.3. The monoisotopic (exact) mass is 423 g/mol. The van der Waals surface area contributed by atoms with Crippen LogP contribution in [0.1, 0.15) is 46.6 Å². The number of amides is 1. The Hall–Kier alpha value is -2.93. The van der Waals surface area contributed by atoms with Gasteiger partial charge in [-0.2, -0.15) is 0 Å². The van der Waals surface area contributed by atoms with Crippen molar-refractivity contribution >= 4 is 26.7 Å². The van der Waals surface area contributed by atoms with Crippen LogP contribution in [0.5, 0.6) is 0 Å². The smallest absolute Gasteiger partial charge is 0.291 e. The fourth-order valence-electron chi connectivity index (χ4n) is 4.57. The lowest BCUT2D eigenvalue weighted by Crippen LogP contribution is -2.40. The Morgan fingerprint density at radius 1 is 1.07 bits per heavy atom. The van der Waals surface area contributed by atoms with Gasteiger partial charge in [-0.1, -0.05) is 43.3 Å². The normalized spacial score (nSPS) is 22.6. The summed E-state index contributed by atoms with van der Waals surface area (Å²) in [6.45, 7) is 2.06. The number of fused-ring (bicyclic) bond motifs is 2. The van der Waals surface area contributed by atoms with Crippen molar-refractivity contribution < 1.29 is 17.6 Å². The van der Waals surface area contributed by atoms with Crippen molar-refractivity contribution in [2.45, 2.75) is 31.8 Å². The predicted molar refractivity (Wildman–Crippen MR) is 113 cm³/mol. The van der Waals surface area contributed by atoms with E-state index < -0.39 is 27.8 Å². The highest BCUT2D eigenvalue weighted by Crippen LogP contribution is 2.41. The number of aryl methyl sites for hydroxylation is 1. The molecule has 5 rings (SSSR count). The molecule has 0 bridgehead atoms. The molecule has 1 fully saturated rings. The van der Waals surface area contributed by atoms with E-state index in [4.69, 9.17) is 4.42 Å². The van der Waals surface area contributed by atoms with Gasteiger partial charge in [0, 0.05) is 6.04 Å². The van der Waals surface area contributed by atoms with Crippen LogP contribution in [0.2, 0.25) is 0 Å². The van der Waals surface area contributed by atoms with Gasteiger partial charge in [0.25, 0.3) is 5.91 Å². The molecule has 1 saturated heterocycles. The second kappa shape index (κ2) is 6.80. The summed E-state index contributed by atoms with van der Waals surface area (Å²) >= 11 is 0. The number of carbonyl (C=O) groups excluding carboxylic acids is 1. The van der Waals surface area contributed by atoms with E-state index in [0.29, 0.717) is 23.0 Å². The zero-order valence-electron chi connectivity index (χ0n) is 16.5. The van der Waals surface area contributed by atoms with Gasteiger partial charge < -0.3 is 9.32 Å². The summed E-state index contributed by atoms with van der Waals surface area (Å²) in [5, 5.41) is 0.417. The highest BCUT2D eigenvalue weighted by molar-refractivity contribution is 7.91. The van der Waals surface area contributed by atoms with Crippen molar-refractivity contribution in [2.24, 2.45) is 0 Å². The third-order valence-electron chi connectivity index (χ3n) is 6.12. The van der Waals surface area contributed by atoms with Crippen LogP contribution >= 0.6 is 0 Å². The molecule has 30 heavy (non-hydrogen) atoms. The molecule has 0 unspecified atom stereocenters. The molecule has 2 aliphatic rings. The molecular weight excluding hydrogens is 402 g/mol. The summed E-state index contributed by atoms with van der Waals surface area (Å²) in [7, 11) is -3.21. The fraction of sp³-hybridized carbons (Fsp3) is 0.304. The number of sulfone groups is 1. The van der Waals surface area contributed by atoms with Crippen LogP contribution in [0, 0.1) is 0 Å². The Labute approximate surface area is 174 Å². The Morgan fingerprint density at radius 3 is 2.47 bits per heavy atom. The van der Waals surface area contributed by atoms with Gasteiger partial charge in [0.05, 0.1) is 28.5 Å². The molecule has 7 heteroatoms. The summed E-state index contributed by atoms with van der Waals surface area (Å²) in [4.78, 5) is 28.4. The van der Waals surface area contributed by atoms with E-state index in [0.717, 1.165) is 17.5 Å². The van der Waals surface area contributed by atoms with Crippen molar-refractivity contribution in [3.05, 3.63) is 81.2 Å². The fourth-order valence-corrected chi connectivity index (χ4v) is 6.28. The van der Waals surface area contributed by atoms with Crippen molar-refractivity contribution in [3.8, 4) is 0 Å². The SMILES string of the molecule is CCc1ccc([C@H]2c3c(oc4ccccc4c3=O)C(=O)N2[C@H]2CCS(=O)(=O)C2)cc1. The average Bonchev–Trinajstić information content (AvgIpc) is 3.25. The molecule has 0 radical (unpaired) electrons. The van der Waals surface area contributed by atoms with Crippen LogP contribution in [-0.2, 0) is 16.3 Å². The number of nitrogens with zero attached hydrogens (tertiary/aromatic N) is 1. The summed E-state index contributed by atoms with van der Waals surface area (Å²) < 4.78 is 30.2. The Morgan fingerprint density at radius 2 is 1.80 bits per heavy atom. The molecule has 2 aromatic carbocycles. The molecule has 154 valence electrons. The van der Waals surface area contributed by atoms with Crippen molar-refractivity contribution in [3.63, 3.8) is 0 Å². The Bertz CT molecular complexity index is 1320. The van der Waals surface area contributed by atoms with Gasteiger partial charge in [0.15, 0.2) is 15.3 Å². The lowest BCUT2D eigenvalue weighted by atomic mass is 9.96. The molecule has 0 N–H and O–H groups in total. The Kier molecular flexibility index (Phi) is 4.32. The largest absolute Gasteiger partial charge is 0.450 e. The molecular formula is C23H21NO5S. The minimum Gasteiger partial charge on any atom is -0.450 e. The minimum atomic E-state index is -3.21. The van der Waals surface area contributed by atoms with Crippen LogP contribution in [0.25, 0.3) is 11.0 Å². The van der Waals surface area contributed by atoms with Crippen LogP contribution < -0.4 is 5.43 Å². The molecule has 2 atom stereocenters. The molecule has 0 saturated carbocycles. The molecule has 1 aromatic heterocycles. The first-order valence-electron chi connectivity index (χ1n) is 10.1. The van der Waals surface area contributed by atoms with Crippen LogP contribution in [0.4, 0.5) is 0 Å². The van der Waals surface area contributed by atoms with E-state index in [1.165, 1.54) is 0 Å². The topological polar surface area (TPSA) is 84.7 Å². The van der Waals surface area contributed by atoms with Crippen LogP contribution in [-0.4, -0.2) is 36.8 Å². The van der Waals surface area contributed by atoms with E-state index in [2.05, 4.69) is 6.92 Å². The van der Waals surface area contributed by atoms with E-state index in [1.807, 2.05) is 24.3 Å². The van der Waals surface area contributed by atoms with E-state index in [9.17, 15) is 18.0 Å². The summed E-state index contributed by atoms with van der Waals surface area (Å²) in [6, 6.07) is 13.5. The molecule has 6 nitrogen and oxygen atoms in total. The Balaban J connectivity index is 1.74. The minimum absolute atomic E-state index is 0.0209. The number of para-hydroxylation sites is 1. The number of hydrogen-bond acceptors (Lipinski definition) is 5.